The summed E-state index contributed by atoms with van der Waals surface area (Å²) in [4.78, 5) is 27.0. The van der Waals surface area contributed by atoms with E-state index < -0.39 is 0 Å². The van der Waals surface area contributed by atoms with Crippen LogP contribution in [0.1, 0.15) is 29.3 Å². The van der Waals surface area contributed by atoms with Crippen LogP contribution in [0.2, 0.25) is 0 Å². The third kappa shape index (κ3) is 5.24. The lowest BCUT2D eigenvalue weighted by Gasteiger charge is -2.13. The smallest absolute Gasteiger partial charge is 0.253 e. The van der Waals surface area contributed by atoms with E-state index in [0.29, 0.717) is 5.56 Å². The molecule has 1 aromatic heterocycles. The van der Waals surface area contributed by atoms with Crippen LogP contribution in [0.15, 0.2) is 39.6 Å². The van der Waals surface area contributed by atoms with E-state index in [4.69, 9.17) is 0 Å². The zero-order valence-electron chi connectivity index (χ0n) is 14.0. The molecule has 2 rings (SSSR count). The van der Waals surface area contributed by atoms with Crippen LogP contribution in [0.25, 0.3) is 0 Å². The molecular formula is C18H21BrN2O2S. The van der Waals surface area contributed by atoms with Crippen molar-refractivity contribution in [1.82, 2.24) is 10.3 Å². The Morgan fingerprint density at radius 2 is 1.96 bits per heavy atom. The number of benzene rings is 1. The van der Waals surface area contributed by atoms with Gasteiger partial charge in [0.1, 0.15) is 0 Å². The lowest BCUT2D eigenvalue weighted by molar-refractivity contribution is -0.120. The largest absolute Gasteiger partial charge is 0.351 e. The molecular weight excluding hydrogens is 388 g/mol. The molecule has 24 heavy (non-hydrogen) atoms. The first-order chi connectivity index (χ1) is 11.4. The number of aromatic amines is 1. The maximum absolute atomic E-state index is 12.2. The Morgan fingerprint density at radius 3 is 2.58 bits per heavy atom. The Labute approximate surface area is 154 Å². The molecule has 1 aromatic carbocycles. The molecule has 1 heterocycles. The summed E-state index contributed by atoms with van der Waals surface area (Å²) in [7, 11) is 0. The van der Waals surface area contributed by atoms with Crippen molar-refractivity contribution in [1.29, 1.82) is 0 Å². The van der Waals surface area contributed by atoms with Crippen molar-refractivity contribution in [3.05, 3.63) is 67.5 Å². The summed E-state index contributed by atoms with van der Waals surface area (Å²) in [6.45, 7) is 5.86. The molecule has 128 valence electrons. The van der Waals surface area contributed by atoms with Gasteiger partial charge in [0, 0.05) is 28.0 Å². The Kier molecular flexibility index (Phi) is 6.69. The highest BCUT2D eigenvalue weighted by Crippen LogP contribution is 2.19. The van der Waals surface area contributed by atoms with Gasteiger partial charge in [-0.15, -0.1) is 11.8 Å². The molecule has 0 saturated heterocycles. The van der Waals surface area contributed by atoms with E-state index in [1.807, 2.05) is 51.1 Å². The normalized spacial score (nSPS) is 12.0. The van der Waals surface area contributed by atoms with Crippen molar-refractivity contribution in [2.75, 3.05) is 0 Å². The number of aryl methyl sites for hydroxylation is 2. The molecule has 0 aliphatic heterocycles. The number of carbonyl (C=O) groups is 1. The number of hydrogen-bond acceptors (Lipinski definition) is 3. The first kappa shape index (κ1) is 18.8. The molecule has 2 aromatic rings. The third-order valence-electron chi connectivity index (χ3n) is 3.72. The molecule has 0 aliphatic rings. The van der Waals surface area contributed by atoms with Gasteiger partial charge in [0.15, 0.2) is 0 Å². The first-order valence-corrected chi connectivity index (χ1v) is 9.54. The van der Waals surface area contributed by atoms with Crippen molar-refractivity contribution in [2.45, 2.75) is 38.3 Å². The number of halogens is 1. The van der Waals surface area contributed by atoms with Gasteiger partial charge in [-0.25, -0.2) is 0 Å². The van der Waals surface area contributed by atoms with E-state index in [9.17, 15) is 9.59 Å². The van der Waals surface area contributed by atoms with E-state index in [1.165, 1.54) is 5.56 Å². The Balaban J connectivity index is 1.88. The fourth-order valence-corrected chi connectivity index (χ4v) is 3.43. The second-order valence-corrected chi connectivity index (χ2v) is 7.99. The highest BCUT2D eigenvalue weighted by molar-refractivity contribution is 9.10. The van der Waals surface area contributed by atoms with Crippen LogP contribution >= 0.6 is 27.7 Å². The molecule has 0 saturated carbocycles. The molecule has 1 unspecified atom stereocenters. The van der Waals surface area contributed by atoms with Crippen molar-refractivity contribution in [3.8, 4) is 0 Å². The van der Waals surface area contributed by atoms with Crippen LogP contribution < -0.4 is 10.9 Å². The monoisotopic (exact) mass is 408 g/mol. The summed E-state index contributed by atoms with van der Waals surface area (Å²) in [5.41, 5.74) is 3.37. The summed E-state index contributed by atoms with van der Waals surface area (Å²) in [6, 6.07) is 9.97. The van der Waals surface area contributed by atoms with Crippen LogP contribution in [0.5, 0.6) is 0 Å². The van der Waals surface area contributed by atoms with Crippen molar-refractivity contribution < 1.29 is 4.79 Å². The van der Waals surface area contributed by atoms with E-state index >= 15 is 0 Å². The number of amides is 1. The van der Waals surface area contributed by atoms with Gasteiger partial charge < -0.3 is 10.3 Å². The Hall–Kier alpha value is -1.53. The number of rotatable bonds is 6. The highest BCUT2D eigenvalue weighted by atomic mass is 79.9. The topological polar surface area (TPSA) is 62.0 Å². The van der Waals surface area contributed by atoms with Gasteiger partial charge in [0.05, 0.1) is 5.25 Å². The summed E-state index contributed by atoms with van der Waals surface area (Å²) in [5.74, 6) is 0.711. The average Bonchev–Trinajstić information content (AvgIpc) is 2.52. The van der Waals surface area contributed by atoms with E-state index in [0.717, 1.165) is 21.5 Å². The van der Waals surface area contributed by atoms with Crippen LogP contribution in [0.4, 0.5) is 0 Å². The van der Waals surface area contributed by atoms with E-state index in [-0.39, 0.29) is 23.3 Å². The standard InChI is InChI=1S/C18H21BrN2O2S/c1-11-8-12(2)21-18(23)16(11)9-20-17(22)13(3)24-10-14-4-6-15(19)7-5-14/h4-8,13H,9-10H2,1-3H3,(H,20,22)(H,21,23). The predicted octanol–water partition coefficient (Wildman–Crippen LogP) is 3.69. The number of pyridine rings is 1. The first-order valence-electron chi connectivity index (χ1n) is 7.70. The van der Waals surface area contributed by atoms with Gasteiger partial charge in [0.2, 0.25) is 5.91 Å². The molecule has 1 amide bonds. The fourth-order valence-electron chi connectivity index (χ4n) is 2.30. The SMILES string of the molecule is Cc1cc(C)c(CNC(=O)C(C)SCc2ccc(Br)cc2)c(=O)[nH]1. The second kappa shape index (κ2) is 8.53. The second-order valence-electron chi connectivity index (χ2n) is 5.74. The number of aromatic nitrogens is 1. The summed E-state index contributed by atoms with van der Waals surface area (Å²) in [6.07, 6.45) is 0. The van der Waals surface area contributed by atoms with Gasteiger partial charge >= 0.3 is 0 Å². The lowest BCUT2D eigenvalue weighted by Crippen LogP contribution is -2.33. The van der Waals surface area contributed by atoms with Crippen LogP contribution in [0.3, 0.4) is 0 Å². The minimum absolute atomic E-state index is 0.0588. The maximum Gasteiger partial charge on any atom is 0.253 e. The van der Waals surface area contributed by atoms with E-state index in [1.54, 1.807) is 11.8 Å². The zero-order chi connectivity index (χ0) is 17.7. The molecule has 0 spiro atoms. The van der Waals surface area contributed by atoms with Crippen LogP contribution in [0, 0.1) is 13.8 Å². The predicted molar refractivity (Wildman–Crippen MR) is 103 cm³/mol. The number of H-pyrrole nitrogens is 1. The third-order valence-corrected chi connectivity index (χ3v) is 5.46. The van der Waals surface area contributed by atoms with E-state index in [2.05, 4.69) is 26.2 Å². The van der Waals surface area contributed by atoms with Gasteiger partial charge in [-0.05, 0) is 50.1 Å². The molecule has 0 bridgehead atoms. The quantitative estimate of drug-likeness (QED) is 0.765. The Morgan fingerprint density at radius 1 is 1.29 bits per heavy atom. The molecule has 0 radical (unpaired) electrons. The van der Waals surface area contributed by atoms with Crippen LogP contribution in [-0.4, -0.2) is 16.1 Å². The number of hydrogen-bond donors (Lipinski definition) is 2. The highest BCUT2D eigenvalue weighted by Gasteiger charge is 2.14. The molecule has 4 nitrogen and oxygen atoms in total. The van der Waals surface area contributed by atoms with Crippen molar-refractivity contribution in [3.63, 3.8) is 0 Å². The lowest BCUT2D eigenvalue weighted by atomic mass is 10.1. The van der Waals surface area contributed by atoms with Gasteiger partial charge in [0.25, 0.3) is 5.56 Å². The zero-order valence-corrected chi connectivity index (χ0v) is 16.4. The fraction of sp³-hybridized carbons (Fsp3) is 0.333. The summed E-state index contributed by atoms with van der Waals surface area (Å²) < 4.78 is 1.04. The Bertz CT molecular complexity index is 772. The maximum atomic E-state index is 12.2. The summed E-state index contributed by atoms with van der Waals surface area (Å²) >= 11 is 4.98. The average molecular weight is 409 g/mol. The molecule has 2 N–H and O–H groups in total. The number of carbonyl (C=O) groups excluding carboxylic acids is 1. The molecule has 6 heteroatoms. The molecule has 1 atom stereocenters. The molecule has 0 fully saturated rings. The van der Waals surface area contributed by atoms with Crippen molar-refractivity contribution >= 4 is 33.6 Å². The number of nitrogens with one attached hydrogen (secondary N) is 2. The minimum Gasteiger partial charge on any atom is -0.351 e. The van der Waals surface area contributed by atoms with Gasteiger partial charge in [-0.3, -0.25) is 9.59 Å². The van der Waals surface area contributed by atoms with Gasteiger partial charge in [-0.1, -0.05) is 28.1 Å². The minimum atomic E-state index is -0.182. The number of thioether (sulfide) groups is 1. The molecule has 0 aliphatic carbocycles. The summed E-state index contributed by atoms with van der Waals surface area (Å²) in [5, 5.41) is 2.68. The van der Waals surface area contributed by atoms with Crippen LogP contribution in [-0.2, 0) is 17.1 Å². The van der Waals surface area contributed by atoms with Crippen molar-refractivity contribution in [2.24, 2.45) is 0 Å². The van der Waals surface area contributed by atoms with Gasteiger partial charge in [-0.2, -0.15) is 0 Å².